The van der Waals surface area contributed by atoms with Crippen molar-refractivity contribution in [2.45, 2.75) is 29.7 Å². The summed E-state index contributed by atoms with van der Waals surface area (Å²) in [5, 5.41) is 2.10. The SMILES string of the molecule is CCCC1C(=O)NC(=O)N1C(Cl)(Cl)Cl. The van der Waals surface area contributed by atoms with E-state index in [-0.39, 0.29) is 0 Å². The Morgan fingerprint density at radius 2 is 2.00 bits per heavy atom. The zero-order chi connectivity index (χ0) is 10.9. The molecule has 80 valence electrons. The Kier molecular flexibility index (Phi) is 3.50. The van der Waals surface area contributed by atoms with Crippen molar-refractivity contribution in [1.82, 2.24) is 10.2 Å². The molecule has 0 saturated carbocycles. The van der Waals surface area contributed by atoms with Gasteiger partial charge in [-0.05, 0) is 6.42 Å². The molecule has 7 heteroatoms. The van der Waals surface area contributed by atoms with Gasteiger partial charge in [0, 0.05) is 0 Å². The molecule has 1 aliphatic rings. The zero-order valence-corrected chi connectivity index (χ0v) is 9.66. The minimum Gasteiger partial charge on any atom is -0.276 e. The molecule has 1 saturated heterocycles. The predicted octanol–water partition coefficient (Wildman–Crippen LogP) is 2.03. The summed E-state index contributed by atoms with van der Waals surface area (Å²) in [6.45, 7) is 1.88. The highest BCUT2D eigenvalue weighted by Gasteiger charge is 2.47. The highest BCUT2D eigenvalue weighted by molar-refractivity contribution is 6.67. The normalized spacial score (nSPS) is 22.9. The number of nitrogens with zero attached hydrogens (tertiary/aromatic N) is 1. The third-order valence-electron chi connectivity index (χ3n) is 1.90. The first-order chi connectivity index (χ1) is 6.38. The van der Waals surface area contributed by atoms with E-state index in [0.29, 0.717) is 6.42 Å². The van der Waals surface area contributed by atoms with E-state index < -0.39 is 21.9 Å². The summed E-state index contributed by atoms with van der Waals surface area (Å²) in [5.41, 5.74) is 0. The van der Waals surface area contributed by atoms with Crippen molar-refractivity contribution >= 4 is 46.7 Å². The maximum atomic E-state index is 11.3. The molecule has 0 bridgehead atoms. The summed E-state index contributed by atoms with van der Waals surface area (Å²) < 4.78 is -1.88. The molecule has 0 radical (unpaired) electrons. The first-order valence-corrected chi connectivity index (χ1v) is 5.22. The number of carbonyl (C=O) groups is 2. The maximum absolute atomic E-state index is 11.3. The molecule has 1 rings (SSSR count). The van der Waals surface area contributed by atoms with E-state index in [0.717, 1.165) is 11.3 Å². The van der Waals surface area contributed by atoms with Crippen LogP contribution >= 0.6 is 34.8 Å². The van der Waals surface area contributed by atoms with Crippen molar-refractivity contribution < 1.29 is 9.59 Å². The fourth-order valence-electron chi connectivity index (χ4n) is 1.33. The molecule has 1 atom stereocenters. The number of carbonyl (C=O) groups excluding carboxylic acids is 2. The van der Waals surface area contributed by atoms with E-state index in [1.807, 2.05) is 6.92 Å². The average molecular weight is 260 g/mol. The Morgan fingerprint density at radius 1 is 1.43 bits per heavy atom. The van der Waals surface area contributed by atoms with E-state index in [1.54, 1.807) is 0 Å². The second-order valence-electron chi connectivity index (χ2n) is 2.94. The predicted molar refractivity (Wildman–Crippen MR) is 54.4 cm³/mol. The van der Waals surface area contributed by atoms with Crippen molar-refractivity contribution in [2.24, 2.45) is 0 Å². The van der Waals surface area contributed by atoms with E-state index in [4.69, 9.17) is 34.8 Å². The van der Waals surface area contributed by atoms with Gasteiger partial charge in [-0.15, -0.1) is 0 Å². The Hall–Kier alpha value is -0.190. The Balaban J connectivity index is 2.89. The largest absolute Gasteiger partial charge is 0.328 e. The number of nitrogens with one attached hydrogen (secondary N) is 1. The van der Waals surface area contributed by atoms with Crippen LogP contribution in [0.3, 0.4) is 0 Å². The molecule has 1 N–H and O–H groups in total. The quantitative estimate of drug-likeness (QED) is 0.469. The second kappa shape index (κ2) is 4.13. The third-order valence-corrected chi connectivity index (χ3v) is 2.44. The number of alkyl halides is 3. The van der Waals surface area contributed by atoms with Crippen LogP contribution in [0.15, 0.2) is 0 Å². The van der Waals surface area contributed by atoms with Crippen LogP contribution in [-0.2, 0) is 4.79 Å². The van der Waals surface area contributed by atoms with Crippen LogP contribution in [-0.4, -0.2) is 26.8 Å². The molecule has 1 heterocycles. The molecular formula is C7H9Cl3N2O2. The minimum atomic E-state index is -1.88. The topological polar surface area (TPSA) is 49.4 Å². The molecule has 4 nitrogen and oxygen atoms in total. The number of rotatable bonds is 2. The van der Waals surface area contributed by atoms with Crippen LogP contribution in [0.2, 0.25) is 0 Å². The summed E-state index contributed by atoms with van der Waals surface area (Å²) in [6.07, 6.45) is 1.20. The van der Waals surface area contributed by atoms with Crippen molar-refractivity contribution in [3.05, 3.63) is 0 Å². The van der Waals surface area contributed by atoms with Gasteiger partial charge in [0.1, 0.15) is 6.04 Å². The molecule has 0 aromatic heterocycles. The van der Waals surface area contributed by atoms with Gasteiger partial charge < -0.3 is 0 Å². The second-order valence-corrected chi connectivity index (χ2v) is 5.16. The maximum Gasteiger partial charge on any atom is 0.328 e. The van der Waals surface area contributed by atoms with E-state index in [9.17, 15) is 9.59 Å². The third kappa shape index (κ3) is 2.24. The standard InChI is InChI=1S/C7H9Cl3N2O2/c1-2-3-4-5(13)11-6(14)12(4)7(8,9)10/h4H,2-3H2,1H3,(H,11,13,14). The van der Waals surface area contributed by atoms with Gasteiger partial charge in [-0.1, -0.05) is 48.1 Å². The lowest BCUT2D eigenvalue weighted by Gasteiger charge is -2.27. The first-order valence-electron chi connectivity index (χ1n) is 4.08. The van der Waals surface area contributed by atoms with Crippen LogP contribution in [0, 0.1) is 0 Å². The van der Waals surface area contributed by atoms with Gasteiger partial charge in [0.05, 0.1) is 0 Å². The molecule has 0 spiro atoms. The van der Waals surface area contributed by atoms with Gasteiger partial charge in [0.25, 0.3) is 9.82 Å². The molecule has 0 aliphatic carbocycles. The first kappa shape index (κ1) is 11.9. The van der Waals surface area contributed by atoms with Gasteiger partial charge in [0.2, 0.25) is 0 Å². The number of hydrogen-bond acceptors (Lipinski definition) is 2. The fraction of sp³-hybridized carbons (Fsp3) is 0.714. The molecular weight excluding hydrogens is 250 g/mol. The van der Waals surface area contributed by atoms with Gasteiger partial charge in [-0.2, -0.15) is 0 Å². The van der Waals surface area contributed by atoms with Crippen LogP contribution in [0.25, 0.3) is 0 Å². The van der Waals surface area contributed by atoms with Gasteiger partial charge in [0.15, 0.2) is 0 Å². The Morgan fingerprint density at radius 3 is 2.43 bits per heavy atom. The summed E-state index contributed by atoms with van der Waals surface area (Å²) in [4.78, 5) is 23.5. The highest BCUT2D eigenvalue weighted by atomic mass is 35.6. The van der Waals surface area contributed by atoms with E-state index >= 15 is 0 Å². The van der Waals surface area contributed by atoms with Crippen LogP contribution in [0.5, 0.6) is 0 Å². The lowest BCUT2D eigenvalue weighted by atomic mass is 10.1. The van der Waals surface area contributed by atoms with Crippen molar-refractivity contribution in [2.75, 3.05) is 0 Å². The molecule has 1 fully saturated rings. The molecule has 0 aromatic rings. The van der Waals surface area contributed by atoms with Crippen LogP contribution < -0.4 is 5.32 Å². The van der Waals surface area contributed by atoms with Gasteiger partial charge >= 0.3 is 6.03 Å². The van der Waals surface area contributed by atoms with E-state index in [1.165, 1.54) is 0 Å². The smallest absolute Gasteiger partial charge is 0.276 e. The van der Waals surface area contributed by atoms with E-state index in [2.05, 4.69) is 5.32 Å². The van der Waals surface area contributed by atoms with Crippen molar-refractivity contribution in [3.63, 3.8) is 0 Å². The molecule has 1 aliphatic heterocycles. The fourth-order valence-corrected chi connectivity index (χ4v) is 1.92. The number of halogens is 3. The number of amides is 3. The molecule has 1 unspecified atom stereocenters. The van der Waals surface area contributed by atoms with Crippen molar-refractivity contribution in [3.8, 4) is 0 Å². The lowest BCUT2D eigenvalue weighted by Crippen LogP contribution is -2.43. The summed E-state index contributed by atoms with van der Waals surface area (Å²) in [7, 11) is 0. The number of hydrogen-bond donors (Lipinski definition) is 1. The highest BCUT2D eigenvalue weighted by Crippen LogP contribution is 2.35. The Bertz CT molecular complexity index is 264. The number of urea groups is 1. The summed E-state index contributed by atoms with van der Waals surface area (Å²) in [5.74, 6) is -0.414. The van der Waals surface area contributed by atoms with Gasteiger partial charge in [-0.25, -0.2) is 4.79 Å². The van der Waals surface area contributed by atoms with Crippen molar-refractivity contribution in [1.29, 1.82) is 0 Å². The van der Waals surface area contributed by atoms with Crippen LogP contribution in [0.4, 0.5) is 4.79 Å². The summed E-state index contributed by atoms with van der Waals surface area (Å²) >= 11 is 16.7. The van der Waals surface area contributed by atoms with Crippen LogP contribution in [0.1, 0.15) is 19.8 Å². The number of imide groups is 1. The molecule has 0 aromatic carbocycles. The monoisotopic (exact) mass is 258 g/mol. The molecule has 3 amide bonds. The Labute approximate surface area is 96.5 Å². The lowest BCUT2D eigenvalue weighted by molar-refractivity contribution is -0.121. The average Bonchev–Trinajstić information content (AvgIpc) is 2.26. The summed E-state index contributed by atoms with van der Waals surface area (Å²) in [6, 6.07) is -1.34. The zero-order valence-electron chi connectivity index (χ0n) is 7.39. The van der Waals surface area contributed by atoms with Gasteiger partial charge in [-0.3, -0.25) is 15.0 Å². The minimum absolute atomic E-state index is 0.414. The molecule has 14 heavy (non-hydrogen) atoms.